The number of amides is 3. The molecule has 1 aliphatic rings. The molecule has 1 saturated heterocycles. The van der Waals surface area contributed by atoms with Crippen LogP contribution in [0.2, 0.25) is 0 Å². The van der Waals surface area contributed by atoms with Gasteiger partial charge in [-0.05, 0) is 61.6 Å². The summed E-state index contributed by atoms with van der Waals surface area (Å²) < 4.78 is 10.2. The standard InChI is InChI=1S/C26H33N3O5/c1-33-18-6-15-27-25(31)23(28-24(30)20-9-11-22(34-2)12-10-20)19-13-16-29(17-14-19)26(32)21-7-4-3-5-8-21/h3-5,7-12,19,23H,6,13-18H2,1-2H3,(H,27,31)(H,28,30)/t23-/m1/s1. The van der Waals surface area contributed by atoms with E-state index in [2.05, 4.69) is 10.6 Å². The molecule has 1 heterocycles. The van der Waals surface area contributed by atoms with Crippen molar-refractivity contribution in [1.29, 1.82) is 0 Å². The zero-order valence-corrected chi connectivity index (χ0v) is 19.8. The molecule has 3 amide bonds. The molecule has 0 unspecified atom stereocenters. The zero-order chi connectivity index (χ0) is 24.3. The van der Waals surface area contributed by atoms with Crippen LogP contribution >= 0.6 is 0 Å². The van der Waals surface area contributed by atoms with Crippen LogP contribution in [0.15, 0.2) is 54.6 Å². The smallest absolute Gasteiger partial charge is 0.253 e. The van der Waals surface area contributed by atoms with Gasteiger partial charge >= 0.3 is 0 Å². The molecule has 8 heteroatoms. The Morgan fingerprint density at radius 3 is 2.26 bits per heavy atom. The summed E-state index contributed by atoms with van der Waals surface area (Å²) in [6.07, 6.45) is 1.93. The van der Waals surface area contributed by atoms with Crippen LogP contribution in [0.1, 0.15) is 40.0 Å². The van der Waals surface area contributed by atoms with Gasteiger partial charge in [-0.2, -0.15) is 0 Å². The van der Waals surface area contributed by atoms with Crippen LogP contribution in [-0.4, -0.2) is 69.1 Å². The Bertz CT molecular complexity index is 941. The number of nitrogens with one attached hydrogen (secondary N) is 2. The van der Waals surface area contributed by atoms with Crippen LogP contribution in [0.25, 0.3) is 0 Å². The van der Waals surface area contributed by atoms with Crippen molar-refractivity contribution < 1.29 is 23.9 Å². The second kappa shape index (κ2) is 12.7. The number of ether oxygens (including phenoxy) is 2. The van der Waals surface area contributed by atoms with Crippen molar-refractivity contribution in [3.8, 4) is 5.75 Å². The first kappa shape index (κ1) is 25.2. The van der Waals surface area contributed by atoms with Crippen molar-refractivity contribution in [2.75, 3.05) is 40.5 Å². The van der Waals surface area contributed by atoms with E-state index in [1.807, 2.05) is 23.1 Å². The van der Waals surface area contributed by atoms with E-state index in [9.17, 15) is 14.4 Å². The van der Waals surface area contributed by atoms with E-state index in [1.54, 1.807) is 50.6 Å². The van der Waals surface area contributed by atoms with Crippen molar-refractivity contribution in [2.24, 2.45) is 5.92 Å². The fraction of sp³-hybridized carbons (Fsp3) is 0.423. The van der Waals surface area contributed by atoms with Crippen molar-refractivity contribution >= 4 is 17.7 Å². The normalized spacial score (nSPS) is 14.8. The molecule has 2 aromatic rings. The first-order valence-corrected chi connectivity index (χ1v) is 11.6. The average molecular weight is 468 g/mol. The van der Waals surface area contributed by atoms with Gasteiger partial charge in [0.15, 0.2) is 0 Å². The number of hydrogen-bond acceptors (Lipinski definition) is 5. The molecule has 1 aliphatic heterocycles. The summed E-state index contributed by atoms with van der Waals surface area (Å²) in [6.45, 7) is 2.07. The number of carbonyl (C=O) groups is 3. The summed E-state index contributed by atoms with van der Waals surface area (Å²) in [6, 6.07) is 15.3. The minimum atomic E-state index is -0.689. The van der Waals surface area contributed by atoms with Gasteiger partial charge in [-0.25, -0.2) is 0 Å². The lowest BCUT2D eigenvalue weighted by Crippen LogP contribution is -2.54. The molecule has 3 rings (SSSR count). The predicted octanol–water partition coefficient (Wildman–Crippen LogP) is 2.50. The highest BCUT2D eigenvalue weighted by molar-refractivity contribution is 5.98. The SMILES string of the molecule is COCCCNC(=O)[C@H](NC(=O)c1ccc(OC)cc1)C1CCN(C(=O)c2ccccc2)CC1. The number of hydrogen-bond donors (Lipinski definition) is 2. The Morgan fingerprint density at radius 2 is 1.65 bits per heavy atom. The van der Waals surface area contributed by atoms with Gasteiger partial charge in [0.1, 0.15) is 11.8 Å². The minimum Gasteiger partial charge on any atom is -0.497 e. The Morgan fingerprint density at radius 1 is 0.971 bits per heavy atom. The second-order valence-electron chi connectivity index (χ2n) is 8.31. The lowest BCUT2D eigenvalue weighted by atomic mass is 9.88. The monoisotopic (exact) mass is 467 g/mol. The van der Waals surface area contributed by atoms with Crippen LogP contribution in [0, 0.1) is 5.92 Å². The molecule has 2 aromatic carbocycles. The number of likely N-dealkylation sites (tertiary alicyclic amines) is 1. The summed E-state index contributed by atoms with van der Waals surface area (Å²) in [7, 11) is 3.18. The second-order valence-corrected chi connectivity index (χ2v) is 8.31. The molecule has 1 atom stereocenters. The third kappa shape index (κ3) is 6.81. The highest BCUT2D eigenvalue weighted by Crippen LogP contribution is 2.23. The third-order valence-corrected chi connectivity index (χ3v) is 6.06. The van der Waals surface area contributed by atoms with Crippen LogP contribution in [0.4, 0.5) is 0 Å². The van der Waals surface area contributed by atoms with Crippen LogP contribution in [0.3, 0.4) is 0 Å². The van der Waals surface area contributed by atoms with E-state index in [-0.39, 0.29) is 23.6 Å². The molecule has 2 N–H and O–H groups in total. The van der Waals surface area contributed by atoms with Gasteiger partial charge in [0.25, 0.3) is 11.8 Å². The highest BCUT2D eigenvalue weighted by Gasteiger charge is 2.34. The maximum absolute atomic E-state index is 13.0. The molecular formula is C26H33N3O5. The minimum absolute atomic E-state index is 0.0121. The summed E-state index contributed by atoms with van der Waals surface area (Å²) in [4.78, 5) is 40.6. The molecule has 182 valence electrons. The lowest BCUT2D eigenvalue weighted by molar-refractivity contribution is -0.124. The van der Waals surface area contributed by atoms with E-state index < -0.39 is 6.04 Å². The quantitative estimate of drug-likeness (QED) is 0.524. The van der Waals surface area contributed by atoms with Crippen LogP contribution in [-0.2, 0) is 9.53 Å². The van der Waals surface area contributed by atoms with Gasteiger partial charge in [0, 0.05) is 44.5 Å². The lowest BCUT2D eigenvalue weighted by Gasteiger charge is -2.36. The molecule has 0 radical (unpaired) electrons. The van der Waals surface area contributed by atoms with Gasteiger partial charge in [-0.1, -0.05) is 18.2 Å². The fourth-order valence-electron chi connectivity index (χ4n) is 4.10. The van der Waals surface area contributed by atoms with Crippen LogP contribution in [0.5, 0.6) is 5.75 Å². The Hall–Kier alpha value is -3.39. The molecule has 0 bridgehead atoms. The first-order chi connectivity index (χ1) is 16.5. The van der Waals surface area contributed by atoms with Crippen molar-refractivity contribution in [1.82, 2.24) is 15.5 Å². The van der Waals surface area contributed by atoms with Crippen LogP contribution < -0.4 is 15.4 Å². The van der Waals surface area contributed by atoms with Gasteiger partial charge in [0.05, 0.1) is 7.11 Å². The van der Waals surface area contributed by atoms with Crippen molar-refractivity contribution in [3.05, 3.63) is 65.7 Å². The molecule has 0 aliphatic carbocycles. The summed E-state index contributed by atoms with van der Waals surface area (Å²) >= 11 is 0. The summed E-state index contributed by atoms with van der Waals surface area (Å²) in [5.41, 5.74) is 1.11. The zero-order valence-electron chi connectivity index (χ0n) is 19.8. The average Bonchev–Trinajstić information content (AvgIpc) is 2.89. The highest BCUT2D eigenvalue weighted by atomic mass is 16.5. The van der Waals surface area contributed by atoms with Gasteiger partial charge in [-0.15, -0.1) is 0 Å². The molecule has 0 aromatic heterocycles. The fourth-order valence-corrected chi connectivity index (χ4v) is 4.10. The number of rotatable bonds is 10. The Labute approximate surface area is 200 Å². The largest absolute Gasteiger partial charge is 0.497 e. The third-order valence-electron chi connectivity index (χ3n) is 6.06. The molecule has 1 fully saturated rings. The number of nitrogens with zero attached hydrogens (tertiary/aromatic N) is 1. The Balaban J connectivity index is 1.66. The number of carbonyl (C=O) groups excluding carboxylic acids is 3. The molecule has 0 spiro atoms. The van der Waals surface area contributed by atoms with Crippen molar-refractivity contribution in [2.45, 2.75) is 25.3 Å². The first-order valence-electron chi connectivity index (χ1n) is 11.6. The molecular weight excluding hydrogens is 434 g/mol. The number of piperidine rings is 1. The molecule has 34 heavy (non-hydrogen) atoms. The Kier molecular flexibility index (Phi) is 9.46. The summed E-state index contributed by atoms with van der Waals surface area (Å²) in [5, 5.41) is 5.85. The van der Waals surface area contributed by atoms with Gasteiger partial charge in [0.2, 0.25) is 5.91 Å². The molecule has 0 saturated carbocycles. The van der Waals surface area contributed by atoms with E-state index in [0.29, 0.717) is 62.4 Å². The molecule has 8 nitrogen and oxygen atoms in total. The van der Waals surface area contributed by atoms with E-state index in [1.165, 1.54) is 0 Å². The van der Waals surface area contributed by atoms with E-state index >= 15 is 0 Å². The number of benzene rings is 2. The topological polar surface area (TPSA) is 97.0 Å². The van der Waals surface area contributed by atoms with E-state index in [4.69, 9.17) is 9.47 Å². The maximum atomic E-state index is 13.0. The maximum Gasteiger partial charge on any atom is 0.253 e. The van der Waals surface area contributed by atoms with Gasteiger partial charge < -0.3 is 25.0 Å². The summed E-state index contributed by atoms with van der Waals surface area (Å²) in [5.74, 6) is 0.0269. The predicted molar refractivity (Wildman–Crippen MR) is 129 cm³/mol. The number of methoxy groups -OCH3 is 2. The van der Waals surface area contributed by atoms with Gasteiger partial charge in [-0.3, -0.25) is 14.4 Å². The van der Waals surface area contributed by atoms with E-state index in [0.717, 1.165) is 0 Å². The van der Waals surface area contributed by atoms with Crippen molar-refractivity contribution in [3.63, 3.8) is 0 Å².